The zero-order valence-electron chi connectivity index (χ0n) is 22.5. The summed E-state index contributed by atoms with van der Waals surface area (Å²) in [4.78, 5) is 26.2. The fourth-order valence-corrected chi connectivity index (χ4v) is 5.30. The van der Waals surface area contributed by atoms with Gasteiger partial charge in [0, 0.05) is 29.3 Å². The molecule has 42 heavy (non-hydrogen) atoms. The van der Waals surface area contributed by atoms with Crippen molar-refractivity contribution in [2.75, 3.05) is 14.2 Å². The molecule has 0 bridgehead atoms. The molecule has 0 saturated heterocycles. The molecule has 1 aliphatic rings. The lowest BCUT2D eigenvalue weighted by Gasteiger charge is -2.20. The van der Waals surface area contributed by atoms with Gasteiger partial charge in [-0.05, 0) is 71.7 Å². The van der Waals surface area contributed by atoms with E-state index in [0.29, 0.717) is 45.7 Å². The number of carbonyl (C=O) groups excluding carboxylic acids is 1. The number of carbonyl (C=O) groups is 1. The molecule has 1 heterocycles. The topological polar surface area (TPSA) is 147 Å². The largest absolute Gasteiger partial charge is 0.508 e. The summed E-state index contributed by atoms with van der Waals surface area (Å²) >= 11 is 0. The molecule has 1 aromatic heterocycles. The standard InChI is InChI=1S/C33H24O9/c1-40-21-10-19-9-18(12-23(35)30(19)24(36)13-21)17-5-8-28(41-2)22(11-17)31-25(37)14-26(38)32-27(39)15-29(42-33(31)32)16-3-6-20(34)7-4-16/h3-8,10-15,34,36-38H,9H2,1-2H3. The molecule has 0 aliphatic heterocycles. The minimum Gasteiger partial charge on any atom is -0.508 e. The molecule has 0 fully saturated rings. The number of rotatable bonds is 5. The van der Waals surface area contributed by atoms with E-state index >= 15 is 0 Å². The highest BCUT2D eigenvalue weighted by molar-refractivity contribution is 6.14. The van der Waals surface area contributed by atoms with E-state index in [1.165, 1.54) is 44.6 Å². The highest BCUT2D eigenvalue weighted by Gasteiger charge is 2.26. The van der Waals surface area contributed by atoms with Crippen LogP contribution in [0, 0.1) is 0 Å². The van der Waals surface area contributed by atoms with E-state index in [-0.39, 0.29) is 50.9 Å². The second-order valence-corrected chi connectivity index (χ2v) is 9.82. The van der Waals surface area contributed by atoms with Crippen molar-refractivity contribution in [3.63, 3.8) is 0 Å². The maximum Gasteiger partial charge on any atom is 0.197 e. The highest BCUT2D eigenvalue weighted by Crippen LogP contribution is 2.46. The van der Waals surface area contributed by atoms with Gasteiger partial charge in [0.2, 0.25) is 0 Å². The first kappa shape index (κ1) is 26.5. The van der Waals surface area contributed by atoms with Gasteiger partial charge in [-0.25, -0.2) is 0 Å². The zero-order chi connectivity index (χ0) is 29.7. The second kappa shape index (κ2) is 10.0. The third kappa shape index (κ3) is 4.37. The lowest BCUT2D eigenvalue weighted by molar-refractivity contribution is 0.104. The van der Waals surface area contributed by atoms with Gasteiger partial charge < -0.3 is 34.3 Å². The number of ketones is 1. The summed E-state index contributed by atoms with van der Waals surface area (Å²) in [5.41, 5.74) is 2.37. The van der Waals surface area contributed by atoms with E-state index in [0.717, 1.165) is 6.07 Å². The van der Waals surface area contributed by atoms with E-state index in [4.69, 9.17) is 13.9 Å². The molecule has 0 atom stereocenters. The number of allylic oxidation sites excluding steroid dienone is 2. The summed E-state index contributed by atoms with van der Waals surface area (Å²) in [6.45, 7) is 0. The maximum atomic E-state index is 13.2. The van der Waals surface area contributed by atoms with Crippen LogP contribution in [-0.2, 0) is 6.42 Å². The number of methoxy groups -OCH3 is 2. The van der Waals surface area contributed by atoms with Crippen molar-refractivity contribution in [2.45, 2.75) is 6.42 Å². The summed E-state index contributed by atoms with van der Waals surface area (Å²) in [7, 11) is 2.92. The van der Waals surface area contributed by atoms with Crippen molar-refractivity contribution in [1.82, 2.24) is 0 Å². The Morgan fingerprint density at radius 2 is 1.45 bits per heavy atom. The van der Waals surface area contributed by atoms with Crippen LogP contribution in [0.1, 0.15) is 21.5 Å². The lowest BCUT2D eigenvalue weighted by atomic mass is 9.85. The third-order valence-corrected chi connectivity index (χ3v) is 7.29. The van der Waals surface area contributed by atoms with E-state index in [9.17, 15) is 30.0 Å². The average molecular weight is 565 g/mol. The molecule has 9 heteroatoms. The molecule has 0 radical (unpaired) electrons. The number of hydrogen-bond donors (Lipinski definition) is 4. The van der Waals surface area contributed by atoms with Gasteiger partial charge in [0.1, 0.15) is 45.6 Å². The Labute approximate surface area is 238 Å². The van der Waals surface area contributed by atoms with Crippen LogP contribution in [0.3, 0.4) is 0 Å². The van der Waals surface area contributed by atoms with E-state index in [1.807, 2.05) is 0 Å². The van der Waals surface area contributed by atoms with Crippen molar-refractivity contribution in [3.8, 4) is 56.9 Å². The minimum absolute atomic E-state index is 0.0335. The Morgan fingerprint density at radius 3 is 2.17 bits per heavy atom. The Balaban J connectivity index is 1.56. The normalized spacial score (nSPS) is 12.6. The van der Waals surface area contributed by atoms with Crippen molar-refractivity contribution in [3.05, 3.63) is 99.7 Å². The number of aromatic hydroxyl groups is 4. The van der Waals surface area contributed by atoms with Crippen LogP contribution in [0.5, 0.6) is 34.5 Å². The summed E-state index contributed by atoms with van der Waals surface area (Å²) < 4.78 is 17.0. The van der Waals surface area contributed by atoms with Crippen LogP contribution in [0.15, 0.2) is 82.0 Å². The number of phenolic OH excluding ortho intramolecular Hbond substituents is 4. The van der Waals surface area contributed by atoms with Gasteiger partial charge in [-0.3, -0.25) is 9.59 Å². The van der Waals surface area contributed by atoms with Gasteiger partial charge in [-0.15, -0.1) is 0 Å². The summed E-state index contributed by atoms with van der Waals surface area (Å²) in [6, 6.07) is 16.5. The van der Waals surface area contributed by atoms with E-state index in [1.54, 1.807) is 36.4 Å². The molecular weight excluding hydrogens is 540 g/mol. The van der Waals surface area contributed by atoms with Crippen LogP contribution < -0.4 is 14.9 Å². The molecule has 4 N–H and O–H groups in total. The van der Waals surface area contributed by atoms with Crippen molar-refractivity contribution in [2.24, 2.45) is 0 Å². The average Bonchev–Trinajstić information content (AvgIpc) is 2.96. The summed E-state index contributed by atoms with van der Waals surface area (Å²) in [6.07, 6.45) is 1.75. The first-order valence-corrected chi connectivity index (χ1v) is 12.8. The van der Waals surface area contributed by atoms with Crippen molar-refractivity contribution >= 4 is 22.3 Å². The van der Waals surface area contributed by atoms with Crippen molar-refractivity contribution in [1.29, 1.82) is 0 Å². The SMILES string of the molecule is COc1cc(O)c2c(c1)CC(c1ccc(OC)c(-c3c(O)cc(O)c4c(=O)cc(-c5ccc(O)cc5)oc34)c1)=CC2=O. The number of ether oxygens (including phenoxy) is 2. The molecule has 0 saturated carbocycles. The summed E-state index contributed by atoms with van der Waals surface area (Å²) in [5, 5.41) is 41.7. The monoisotopic (exact) mass is 564 g/mol. The van der Waals surface area contributed by atoms with Gasteiger partial charge >= 0.3 is 0 Å². The Bertz CT molecular complexity index is 2000. The molecule has 6 rings (SSSR count). The Kier molecular flexibility index (Phi) is 6.34. The molecule has 0 unspecified atom stereocenters. The smallest absolute Gasteiger partial charge is 0.197 e. The van der Waals surface area contributed by atoms with Crippen LogP contribution in [0.4, 0.5) is 0 Å². The fourth-order valence-electron chi connectivity index (χ4n) is 5.30. The minimum atomic E-state index is -0.542. The van der Waals surface area contributed by atoms with Gasteiger partial charge in [-0.2, -0.15) is 0 Å². The molecule has 9 nitrogen and oxygen atoms in total. The predicted molar refractivity (Wildman–Crippen MR) is 156 cm³/mol. The molecule has 1 aliphatic carbocycles. The highest BCUT2D eigenvalue weighted by atomic mass is 16.5. The van der Waals surface area contributed by atoms with Gasteiger partial charge in [0.25, 0.3) is 0 Å². The first-order valence-electron chi connectivity index (χ1n) is 12.8. The third-order valence-electron chi connectivity index (χ3n) is 7.29. The molecule has 0 amide bonds. The molecule has 5 aromatic rings. The Morgan fingerprint density at radius 1 is 0.738 bits per heavy atom. The number of fused-ring (bicyclic) bond motifs is 2. The first-order chi connectivity index (χ1) is 20.2. The van der Waals surface area contributed by atoms with E-state index in [2.05, 4.69) is 0 Å². The number of phenols is 4. The van der Waals surface area contributed by atoms with Gasteiger partial charge in [0.15, 0.2) is 16.8 Å². The molecular formula is C33H24O9. The maximum absolute atomic E-state index is 13.2. The van der Waals surface area contributed by atoms with Crippen molar-refractivity contribution < 1.29 is 39.1 Å². The second-order valence-electron chi connectivity index (χ2n) is 9.82. The van der Waals surface area contributed by atoms with E-state index < -0.39 is 11.2 Å². The molecule has 210 valence electrons. The van der Waals surface area contributed by atoms with Gasteiger partial charge in [0.05, 0.1) is 25.3 Å². The quantitative estimate of drug-likeness (QED) is 0.208. The zero-order valence-corrected chi connectivity index (χ0v) is 22.5. The van der Waals surface area contributed by atoms with Gasteiger partial charge in [-0.1, -0.05) is 6.07 Å². The molecule has 0 spiro atoms. The van der Waals surface area contributed by atoms with Crippen LogP contribution >= 0.6 is 0 Å². The fraction of sp³-hybridized carbons (Fsp3) is 0.0909. The number of hydrogen-bond acceptors (Lipinski definition) is 9. The predicted octanol–water partition coefficient (Wildman–Crippen LogP) is 5.79. The van der Waals surface area contributed by atoms with Crippen LogP contribution in [0.2, 0.25) is 0 Å². The van der Waals surface area contributed by atoms with Crippen LogP contribution in [0.25, 0.3) is 39.0 Å². The number of benzene rings is 4. The van der Waals surface area contributed by atoms with Crippen LogP contribution in [-0.4, -0.2) is 40.4 Å². The molecule has 4 aromatic carbocycles. The Hall–Kier alpha value is -5.70. The lowest BCUT2D eigenvalue weighted by Crippen LogP contribution is -2.10. The summed E-state index contributed by atoms with van der Waals surface area (Å²) in [5.74, 6) is -0.428.